The molecule has 1 saturated carbocycles. The minimum atomic E-state index is -0.230. The molecule has 1 fully saturated rings. The van der Waals surface area contributed by atoms with E-state index < -0.39 is 0 Å². The van der Waals surface area contributed by atoms with Crippen LogP contribution in [0, 0.1) is 0 Å². The van der Waals surface area contributed by atoms with Crippen molar-refractivity contribution in [3.05, 3.63) is 24.0 Å². The van der Waals surface area contributed by atoms with Gasteiger partial charge in [-0.3, -0.25) is 9.78 Å². The first-order valence-electron chi connectivity index (χ1n) is 6.26. The van der Waals surface area contributed by atoms with Gasteiger partial charge in [0.1, 0.15) is 5.75 Å². The van der Waals surface area contributed by atoms with Gasteiger partial charge in [-0.15, -0.1) is 0 Å². The molecule has 2 unspecified atom stereocenters. The molecule has 2 atom stereocenters. The number of amides is 1. The Kier molecular flexibility index (Phi) is 4.58. The number of pyridine rings is 1. The summed E-state index contributed by atoms with van der Waals surface area (Å²) in [6.07, 6.45) is 8.40. The van der Waals surface area contributed by atoms with Gasteiger partial charge in [-0.05, 0) is 18.9 Å². The van der Waals surface area contributed by atoms with Crippen LogP contribution in [0.25, 0.3) is 0 Å². The van der Waals surface area contributed by atoms with E-state index in [0.29, 0.717) is 4.83 Å². The van der Waals surface area contributed by atoms with Gasteiger partial charge in [0, 0.05) is 17.1 Å². The van der Waals surface area contributed by atoms with Gasteiger partial charge in [-0.1, -0.05) is 35.2 Å². The third kappa shape index (κ3) is 3.22. The van der Waals surface area contributed by atoms with Crippen LogP contribution in [0.4, 0.5) is 0 Å². The van der Waals surface area contributed by atoms with Crippen molar-refractivity contribution in [1.29, 1.82) is 0 Å². The van der Waals surface area contributed by atoms with Crippen LogP contribution in [0.2, 0.25) is 0 Å². The van der Waals surface area contributed by atoms with Crippen molar-refractivity contribution in [1.82, 2.24) is 10.3 Å². The number of rotatable bonds is 2. The number of carbonyl (C=O) groups excluding carboxylic acids is 1. The summed E-state index contributed by atoms with van der Waals surface area (Å²) in [6.45, 7) is 0. The second-order valence-electron chi connectivity index (χ2n) is 4.63. The normalized spacial score (nSPS) is 24.3. The molecule has 1 aliphatic rings. The van der Waals surface area contributed by atoms with E-state index in [1.54, 1.807) is 0 Å². The Bertz CT molecular complexity index is 425. The van der Waals surface area contributed by atoms with Gasteiger partial charge in [-0.2, -0.15) is 0 Å². The molecule has 0 bridgehead atoms. The summed E-state index contributed by atoms with van der Waals surface area (Å²) in [5.41, 5.74) is 0.286. The van der Waals surface area contributed by atoms with E-state index in [2.05, 4.69) is 26.2 Å². The maximum Gasteiger partial charge on any atom is 0.255 e. The first-order valence-corrected chi connectivity index (χ1v) is 7.18. The molecule has 1 aromatic rings. The maximum atomic E-state index is 12.1. The van der Waals surface area contributed by atoms with Crippen molar-refractivity contribution in [3.63, 3.8) is 0 Å². The summed E-state index contributed by atoms with van der Waals surface area (Å²) in [5, 5.41) is 12.6. The van der Waals surface area contributed by atoms with Crippen LogP contribution >= 0.6 is 15.9 Å². The van der Waals surface area contributed by atoms with Crippen molar-refractivity contribution < 1.29 is 9.90 Å². The van der Waals surface area contributed by atoms with Crippen molar-refractivity contribution in [2.75, 3.05) is 0 Å². The average Bonchev–Trinajstić information content (AvgIpc) is 2.55. The van der Waals surface area contributed by atoms with Gasteiger partial charge in [0.15, 0.2) is 0 Å². The molecule has 1 aromatic heterocycles. The molecule has 4 nitrogen and oxygen atoms in total. The molecular formula is C13H17BrN2O2. The van der Waals surface area contributed by atoms with Crippen LogP contribution in [0.1, 0.15) is 42.5 Å². The van der Waals surface area contributed by atoms with Crippen molar-refractivity contribution >= 4 is 21.8 Å². The first-order chi connectivity index (χ1) is 8.68. The number of aromatic nitrogens is 1. The summed E-state index contributed by atoms with van der Waals surface area (Å²) < 4.78 is 0. The Balaban J connectivity index is 2.04. The summed E-state index contributed by atoms with van der Waals surface area (Å²) in [5.74, 6) is -0.305. The van der Waals surface area contributed by atoms with Gasteiger partial charge in [0.2, 0.25) is 0 Å². The molecule has 1 amide bonds. The Morgan fingerprint density at radius 1 is 1.39 bits per heavy atom. The van der Waals surface area contributed by atoms with Gasteiger partial charge >= 0.3 is 0 Å². The highest BCUT2D eigenvalue weighted by Crippen LogP contribution is 2.24. The molecule has 0 aliphatic heterocycles. The van der Waals surface area contributed by atoms with E-state index in [-0.39, 0.29) is 23.3 Å². The van der Waals surface area contributed by atoms with E-state index in [4.69, 9.17) is 0 Å². The minimum absolute atomic E-state index is 0.0743. The van der Waals surface area contributed by atoms with E-state index in [1.165, 1.54) is 31.3 Å². The average molecular weight is 313 g/mol. The minimum Gasteiger partial charge on any atom is -0.505 e. The first kappa shape index (κ1) is 13.3. The molecule has 0 saturated heterocycles. The van der Waals surface area contributed by atoms with Crippen molar-refractivity contribution in [2.45, 2.75) is 43.0 Å². The number of nitrogens with zero attached hydrogens (tertiary/aromatic N) is 1. The second kappa shape index (κ2) is 6.18. The SMILES string of the molecule is O=C(NC1CCCCCC1Br)c1ccncc1O. The van der Waals surface area contributed by atoms with Crippen molar-refractivity contribution in [2.24, 2.45) is 0 Å². The monoisotopic (exact) mass is 312 g/mol. The highest BCUT2D eigenvalue weighted by Gasteiger charge is 2.24. The Morgan fingerprint density at radius 3 is 2.94 bits per heavy atom. The zero-order chi connectivity index (χ0) is 13.0. The van der Waals surface area contributed by atoms with Crippen LogP contribution in [0.15, 0.2) is 18.5 Å². The van der Waals surface area contributed by atoms with Crippen molar-refractivity contribution in [3.8, 4) is 5.75 Å². The lowest BCUT2D eigenvalue weighted by Gasteiger charge is -2.21. The fourth-order valence-corrected chi connectivity index (χ4v) is 2.97. The van der Waals surface area contributed by atoms with Crippen LogP contribution in [0.5, 0.6) is 5.75 Å². The van der Waals surface area contributed by atoms with Gasteiger partial charge in [-0.25, -0.2) is 0 Å². The fourth-order valence-electron chi connectivity index (χ4n) is 2.25. The molecule has 98 valence electrons. The van der Waals surface area contributed by atoms with Gasteiger partial charge in [0.05, 0.1) is 11.8 Å². The Morgan fingerprint density at radius 2 is 2.17 bits per heavy atom. The Hall–Kier alpha value is -1.10. The highest BCUT2D eigenvalue weighted by molar-refractivity contribution is 9.09. The lowest BCUT2D eigenvalue weighted by atomic mass is 10.1. The lowest BCUT2D eigenvalue weighted by molar-refractivity contribution is 0.0932. The third-order valence-electron chi connectivity index (χ3n) is 3.29. The molecule has 1 aliphatic carbocycles. The van der Waals surface area contributed by atoms with Crippen LogP contribution in [-0.4, -0.2) is 26.9 Å². The number of alkyl halides is 1. The fraction of sp³-hybridized carbons (Fsp3) is 0.538. The van der Waals surface area contributed by atoms with Crippen LogP contribution in [-0.2, 0) is 0 Å². The second-order valence-corrected chi connectivity index (χ2v) is 5.80. The molecular weight excluding hydrogens is 296 g/mol. The maximum absolute atomic E-state index is 12.1. The van der Waals surface area contributed by atoms with Gasteiger partial charge in [0.25, 0.3) is 5.91 Å². The number of carbonyl (C=O) groups is 1. The van der Waals surface area contributed by atoms with Crippen LogP contribution < -0.4 is 5.32 Å². The molecule has 0 radical (unpaired) electrons. The van der Waals surface area contributed by atoms with E-state index in [1.807, 2.05) is 0 Å². The zero-order valence-corrected chi connectivity index (χ0v) is 11.7. The molecule has 2 N–H and O–H groups in total. The number of hydrogen-bond donors (Lipinski definition) is 2. The molecule has 18 heavy (non-hydrogen) atoms. The summed E-state index contributed by atoms with van der Waals surface area (Å²) >= 11 is 3.63. The molecule has 0 spiro atoms. The summed E-state index contributed by atoms with van der Waals surface area (Å²) in [4.78, 5) is 16.1. The number of nitrogens with one attached hydrogen (secondary N) is 1. The predicted molar refractivity (Wildman–Crippen MR) is 73.0 cm³/mol. The lowest BCUT2D eigenvalue weighted by Crippen LogP contribution is -2.40. The number of hydrogen-bond acceptors (Lipinski definition) is 3. The smallest absolute Gasteiger partial charge is 0.255 e. The topological polar surface area (TPSA) is 62.2 Å². The highest BCUT2D eigenvalue weighted by atomic mass is 79.9. The molecule has 1 heterocycles. The number of aromatic hydroxyl groups is 1. The predicted octanol–water partition coefficient (Wildman–Crippen LogP) is 2.61. The number of halogens is 1. The Labute approximate surface area is 115 Å². The molecule has 5 heteroatoms. The largest absolute Gasteiger partial charge is 0.505 e. The summed E-state index contributed by atoms with van der Waals surface area (Å²) in [6, 6.07) is 1.66. The zero-order valence-electron chi connectivity index (χ0n) is 10.1. The quantitative estimate of drug-likeness (QED) is 0.652. The molecule has 2 rings (SSSR count). The van der Waals surface area contributed by atoms with Gasteiger partial charge < -0.3 is 10.4 Å². The van der Waals surface area contributed by atoms with E-state index in [0.717, 1.165) is 19.3 Å². The van der Waals surface area contributed by atoms with Crippen LogP contribution in [0.3, 0.4) is 0 Å². The van der Waals surface area contributed by atoms with E-state index in [9.17, 15) is 9.90 Å². The summed E-state index contributed by atoms with van der Waals surface area (Å²) in [7, 11) is 0. The molecule has 0 aromatic carbocycles. The standard InChI is InChI=1S/C13H17BrN2O2/c14-10-4-2-1-3-5-11(10)16-13(18)9-6-7-15-8-12(9)17/h6-8,10-11,17H,1-5H2,(H,16,18). The van der Waals surface area contributed by atoms with E-state index >= 15 is 0 Å². The third-order valence-corrected chi connectivity index (χ3v) is 4.39.